The minimum atomic E-state index is -3.79. The van der Waals surface area contributed by atoms with Crippen LogP contribution < -0.4 is 4.74 Å². The van der Waals surface area contributed by atoms with E-state index in [0.29, 0.717) is 19.0 Å². The normalized spacial score (nSPS) is 12.9. The van der Waals surface area contributed by atoms with Crippen molar-refractivity contribution in [2.45, 2.75) is 24.8 Å². The molecule has 0 saturated carbocycles. The molecule has 0 spiro atoms. The highest BCUT2D eigenvalue weighted by Crippen LogP contribution is 2.20. The number of methoxy groups -OCH3 is 1. The molecule has 0 aliphatic heterocycles. The van der Waals surface area contributed by atoms with Gasteiger partial charge in [-0.2, -0.15) is 4.31 Å². The van der Waals surface area contributed by atoms with Crippen LogP contribution in [0.3, 0.4) is 0 Å². The molecular formula is C15H23NO6S. The fraction of sp³-hybridized carbons (Fsp3) is 0.533. The average Bonchev–Trinajstić information content (AvgIpc) is 2.54. The SMILES string of the molecule is CCOC(=O)C(C)N(C)S(=O)(=O)c1ccc(OCCOC)cc1. The molecule has 0 heterocycles. The fourth-order valence-corrected chi connectivity index (χ4v) is 3.05. The maximum absolute atomic E-state index is 12.5. The number of esters is 1. The third-order valence-electron chi connectivity index (χ3n) is 3.23. The first kappa shape index (κ1) is 19.4. The van der Waals surface area contributed by atoms with Crippen molar-refractivity contribution in [2.75, 3.05) is 34.0 Å². The number of benzene rings is 1. The molecule has 0 fully saturated rings. The molecule has 0 aromatic heterocycles. The van der Waals surface area contributed by atoms with Gasteiger partial charge >= 0.3 is 5.97 Å². The van der Waals surface area contributed by atoms with Crippen LogP contribution in [0, 0.1) is 0 Å². The van der Waals surface area contributed by atoms with Crippen molar-refractivity contribution in [2.24, 2.45) is 0 Å². The fourth-order valence-electron chi connectivity index (χ4n) is 1.74. The van der Waals surface area contributed by atoms with Crippen molar-refractivity contribution in [3.05, 3.63) is 24.3 Å². The van der Waals surface area contributed by atoms with Gasteiger partial charge in [0, 0.05) is 14.2 Å². The molecule has 7 nitrogen and oxygen atoms in total. The number of hydrogen-bond donors (Lipinski definition) is 0. The monoisotopic (exact) mass is 345 g/mol. The summed E-state index contributed by atoms with van der Waals surface area (Å²) >= 11 is 0. The summed E-state index contributed by atoms with van der Waals surface area (Å²) in [5, 5.41) is 0. The van der Waals surface area contributed by atoms with Gasteiger partial charge in [0.2, 0.25) is 10.0 Å². The zero-order valence-corrected chi connectivity index (χ0v) is 14.6. The third-order valence-corrected chi connectivity index (χ3v) is 5.17. The zero-order valence-electron chi connectivity index (χ0n) is 13.8. The Labute approximate surface area is 137 Å². The second-order valence-corrected chi connectivity index (χ2v) is 6.76. The minimum Gasteiger partial charge on any atom is -0.491 e. The van der Waals surface area contributed by atoms with Crippen LogP contribution in [0.15, 0.2) is 29.2 Å². The molecule has 1 unspecified atom stereocenters. The van der Waals surface area contributed by atoms with Gasteiger partial charge < -0.3 is 14.2 Å². The topological polar surface area (TPSA) is 82.1 Å². The highest BCUT2D eigenvalue weighted by molar-refractivity contribution is 7.89. The molecule has 0 amide bonds. The van der Waals surface area contributed by atoms with Crippen molar-refractivity contribution in [1.82, 2.24) is 4.31 Å². The summed E-state index contributed by atoms with van der Waals surface area (Å²) in [6, 6.07) is 5.09. The molecule has 0 N–H and O–H groups in total. The standard InChI is InChI=1S/C15H23NO6S/c1-5-21-15(17)12(2)16(3)23(18,19)14-8-6-13(7-9-14)22-11-10-20-4/h6-9,12H,5,10-11H2,1-4H3. The lowest BCUT2D eigenvalue weighted by Gasteiger charge is -2.22. The zero-order chi connectivity index (χ0) is 17.5. The maximum Gasteiger partial charge on any atom is 0.324 e. The van der Waals surface area contributed by atoms with Gasteiger partial charge in [0.15, 0.2) is 0 Å². The average molecular weight is 345 g/mol. The van der Waals surface area contributed by atoms with Gasteiger partial charge in [-0.15, -0.1) is 0 Å². The molecule has 0 aliphatic rings. The quantitative estimate of drug-likeness (QED) is 0.495. The van der Waals surface area contributed by atoms with Crippen molar-refractivity contribution in [3.8, 4) is 5.75 Å². The molecule has 0 radical (unpaired) electrons. The number of ether oxygens (including phenoxy) is 3. The van der Waals surface area contributed by atoms with Gasteiger partial charge in [-0.25, -0.2) is 8.42 Å². The largest absolute Gasteiger partial charge is 0.491 e. The van der Waals surface area contributed by atoms with E-state index in [-0.39, 0.29) is 11.5 Å². The van der Waals surface area contributed by atoms with E-state index < -0.39 is 22.0 Å². The van der Waals surface area contributed by atoms with Gasteiger partial charge in [0.05, 0.1) is 18.1 Å². The van der Waals surface area contributed by atoms with E-state index in [1.54, 1.807) is 26.2 Å². The van der Waals surface area contributed by atoms with Crippen LogP contribution in [0.5, 0.6) is 5.75 Å². The molecule has 0 aliphatic carbocycles. The first-order chi connectivity index (χ1) is 10.8. The molecule has 1 atom stereocenters. The van der Waals surface area contributed by atoms with E-state index in [9.17, 15) is 13.2 Å². The summed E-state index contributed by atoms with van der Waals surface area (Å²) in [7, 11) is -0.875. The highest BCUT2D eigenvalue weighted by Gasteiger charge is 2.30. The summed E-state index contributed by atoms with van der Waals surface area (Å²) in [4.78, 5) is 11.8. The number of likely N-dealkylation sites (N-methyl/N-ethyl adjacent to an activating group) is 1. The van der Waals surface area contributed by atoms with E-state index in [2.05, 4.69) is 0 Å². The molecule has 1 rings (SSSR count). The number of hydrogen-bond acceptors (Lipinski definition) is 6. The number of rotatable bonds is 9. The third kappa shape index (κ3) is 5.19. The van der Waals surface area contributed by atoms with Crippen molar-refractivity contribution in [3.63, 3.8) is 0 Å². The molecule has 0 bridgehead atoms. The molecule has 1 aromatic rings. The Bertz CT molecular complexity index is 599. The van der Waals surface area contributed by atoms with E-state index in [1.165, 1.54) is 26.1 Å². The Kier molecular flexibility index (Phi) is 7.47. The number of sulfonamides is 1. The molecule has 8 heteroatoms. The lowest BCUT2D eigenvalue weighted by Crippen LogP contribution is -2.41. The number of carbonyl (C=O) groups excluding carboxylic acids is 1. The Morgan fingerprint density at radius 1 is 1.22 bits per heavy atom. The highest BCUT2D eigenvalue weighted by atomic mass is 32.2. The summed E-state index contributed by atoms with van der Waals surface area (Å²) in [6.45, 7) is 4.17. The Balaban J connectivity index is 2.84. The Hall–Kier alpha value is -1.64. The van der Waals surface area contributed by atoms with Gasteiger partial charge in [0.1, 0.15) is 18.4 Å². The van der Waals surface area contributed by atoms with Gasteiger partial charge in [0.25, 0.3) is 0 Å². The summed E-state index contributed by atoms with van der Waals surface area (Å²) < 4.78 is 41.1. The summed E-state index contributed by atoms with van der Waals surface area (Å²) in [5.74, 6) is -0.0415. The van der Waals surface area contributed by atoms with Crippen molar-refractivity contribution < 1.29 is 27.4 Å². The van der Waals surface area contributed by atoms with E-state index in [0.717, 1.165) is 4.31 Å². The van der Waals surface area contributed by atoms with Gasteiger partial charge in [-0.05, 0) is 38.1 Å². The number of nitrogens with zero attached hydrogens (tertiary/aromatic N) is 1. The minimum absolute atomic E-state index is 0.0789. The van der Waals surface area contributed by atoms with Crippen LogP contribution in [0.2, 0.25) is 0 Å². The van der Waals surface area contributed by atoms with Crippen LogP contribution in [-0.4, -0.2) is 58.7 Å². The first-order valence-corrected chi connectivity index (χ1v) is 8.65. The summed E-state index contributed by atoms with van der Waals surface area (Å²) in [5.41, 5.74) is 0. The van der Waals surface area contributed by atoms with E-state index >= 15 is 0 Å². The van der Waals surface area contributed by atoms with Crippen LogP contribution in [0.1, 0.15) is 13.8 Å². The van der Waals surface area contributed by atoms with Gasteiger partial charge in [-0.1, -0.05) is 0 Å². The lowest BCUT2D eigenvalue weighted by molar-refractivity contribution is -0.146. The second-order valence-electron chi connectivity index (χ2n) is 4.76. The predicted octanol–water partition coefficient (Wildman–Crippen LogP) is 1.28. The number of carbonyl (C=O) groups is 1. The predicted molar refractivity (Wildman–Crippen MR) is 84.9 cm³/mol. The molecule has 0 saturated heterocycles. The van der Waals surface area contributed by atoms with E-state index in [4.69, 9.17) is 14.2 Å². The molecule has 130 valence electrons. The summed E-state index contributed by atoms with van der Waals surface area (Å²) in [6.07, 6.45) is 0. The Morgan fingerprint density at radius 3 is 2.35 bits per heavy atom. The van der Waals surface area contributed by atoms with Crippen molar-refractivity contribution >= 4 is 16.0 Å². The van der Waals surface area contributed by atoms with Crippen molar-refractivity contribution in [1.29, 1.82) is 0 Å². The molecular weight excluding hydrogens is 322 g/mol. The van der Waals surface area contributed by atoms with Crippen LogP contribution in [0.25, 0.3) is 0 Å². The van der Waals surface area contributed by atoms with Crippen LogP contribution in [-0.2, 0) is 24.3 Å². The molecule has 23 heavy (non-hydrogen) atoms. The smallest absolute Gasteiger partial charge is 0.324 e. The van der Waals surface area contributed by atoms with Crippen LogP contribution in [0.4, 0.5) is 0 Å². The Morgan fingerprint density at radius 2 is 1.83 bits per heavy atom. The maximum atomic E-state index is 12.5. The molecule has 1 aromatic carbocycles. The second kappa shape index (κ2) is 8.85. The lowest BCUT2D eigenvalue weighted by atomic mass is 10.3. The van der Waals surface area contributed by atoms with Gasteiger partial charge in [-0.3, -0.25) is 4.79 Å². The first-order valence-electron chi connectivity index (χ1n) is 7.21. The van der Waals surface area contributed by atoms with E-state index in [1.807, 2.05) is 0 Å². The van der Waals surface area contributed by atoms with Crippen LogP contribution >= 0.6 is 0 Å².